The highest BCUT2D eigenvalue weighted by Gasteiger charge is 2.10. The van der Waals surface area contributed by atoms with Crippen molar-refractivity contribution in [1.29, 1.82) is 0 Å². The van der Waals surface area contributed by atoms with E-state index in [0.717, 1.165) is 0 Å². The van der Waals surface area contributed by atoms with E-state index in [1.807, 2.05) is 0 Å². The van der Waals surface area contributed by atoms with Gasteiger partial charge in [-0.1, -0.05) is 0 Å². The molecule has 0 aromatic rings. The molecular weight excluding hydrogens is 245 g/mol. The van der Waals surface area contributed by atoms with Gasteiger partial charge in [0.05, 0.1) is 12.6 Å². The monoisotopic (exact) mass is 261 g/mol. The van der Waals surface area contributed by atoms with Crippen LogP contribution in [0.5, 0.6) is 0 Å². The smallest absolute Gasteiger partial charge is 0.217 e. The van der Waals surface area contributed by atoms with Crippen molar-refractivity contribution in [3.63, 3.8) is 0 Å². The first-order chi connectivity index (χ1) is 7.95. The standard InChI is InChI=1S/C9H16N3O4P/c1-6(14)11-4-9(16)17-12-7(5-13)2-3-8(10)15/h5,7,12,17H,2-4H2,1H3,(H2,10,15)(H,11,14)/t7-/m0/s1. The Labute approximate surface area is 101 Å². The van der Waals surface area contributed by atoms with Crippen LogP contribution in [0.2, 0.25) is 0 Å². The average molecular weight is 261 g/mol. The highest BCUT2D eigenvalue weighted by molar-refractivity contribution is 7.56. The van der Waals surface area contributed by atoms with Crippen molar-refractivity contribution >= 4 is 32.4 Å². The summed E-state index contributed by atoms with van der Waals surface area (Å²) in [5.74, 6) is -0.782. The second-order valence-corrected chi connectivity index (χ2v) is 4.45. The van der Waals surface area contributed by atoms with Gasteiger partial charge in [-0.05, 0) is 6.42 Å². The van der Waals surface area contributed by atoms with Crippen molar-refractivity contribution < 1.29 is 19.2 Å². The van der Waals surface area contributed by atoms with E-state index in [1.165, 1.54) is 6.92 Å². The molecule has 0 bridgehead atoms. The first-order valence-corrected chi connectivity index (χ1v) is 5.98. The molecule has 0 spiro atoms. The molecule has 1 unspecified atom stereocenters. The van der Waals surface area contributed by atoms with E-state index in [4.69, 9.17) is 5.73 Å². The van der Waals surface area contributed by atoms with E-state index in [0.29, 0.717) is 6.29 Å². The minimum absolute atomic E-state index is 0.0673. The van der Waals surface area contributed by atoms with Gasteiger partial charge in [0.15, 0.2) is 5.52 Å². The second kappa shape index (κ2) is 8.78. The summed E-state index contributed by atoms with van der Waals surface area (Å²) in [6.45, 7) is 1.24. The Morgan fingerprint density at radius 1 is 1.41 bits per heavy atom. The van der Waals surface area contributed by atoms with Crippen LogP contribution in [0, 0.1) is 0 Å². The third kappa shape index (κ3) is 9.59. The van der Waals surface area contributed by atoms with Crippen LogP contribution in [-0.2, 0) is 19.2 Å². The maximum atomic E-state index is 11.2. The lowest BCUT2D eigenvalue weighted by atomic mass is 10.2. The number of carbonyl (C=O) groups is 4. The molecule has 8 heteroatoms. The number of nitrogens with one attached hydrogen (secondary N) is 2. The molecule has 0 saturated heterocycles. The first-order valence-electron chi connectivity index (χ1n) is 4.98. The van der Waals surface area contributed by atoms with Gasteiger partial charge in [0.25, 0.3) is 0 Å². The average Bonchev–Trinajstić information content (AvgIpc) is 2.26. The zero-order valence-electron chi connectivity index (χ0n) is 9.49. The minimum atomic E-state index is -0.567. The molecule has 0 aromatic carbocycles. The molecule has 7 nitrogen and oxygen atoms in total. The Morgan fingerprint density at radius 3 is 2.53 bits per heavy atom. The molecule has 0 aliphatic heterocycles. The number of amides is 2. The Hall–Kier alpha value is -1.33. The maximum Gasteiger partial charge on any atom is 0.217 e. The van der Waals surface area contributed by atoms with Crippen LogP contribution < -0.4 is 16.1 Å². The molecule has 0 aromatic heterocycles. The minimum Gasteiger partial charge on any atom is -0.370 e. The molecule has 0 rings (SSSR count). The molecule has 0 fully saturated rings. The number of rotatable bonds is 9. The van der Waals surface area contributed by atoms with Crippen LogP contribution in [0.4, 0.5) is 0 Å². The van der Waals surface area contributed by atoms with Crippen LogP contribution in [0.15, 0.2) is 0 Å². The fraction of sp³-hybridized carbons (Fsp3) is 0.556. The SMILES string of the molecule is CC(=O)NCC(=O)PN[C@H](C=O)CCC(N)=O. The van der Waals surface area contributed by atoms with Crippen LogP contribution in [0.25, 0.3) is 0 Å². The van der Waals surface area contributed by atoms with E-state index in [2.05, 4.69) is 10.4 Å². The summed E-state index contributed by atoms with van der Waals surface area (Å²) in [5, 5.41) is 5.05. The van der Waals surface area contributed by atoms with Gasteiger partial charge >= 0.3 is 0 Å². The van der Waals surface area contributed by atoms with E-state index >= 15 is 0 Å². The summed E-state index contributed by atoms with van der Waals surface area (Å²) in [4.78, 5) is 42.9. The normalized spacial score (nSPS) is 12.3. The third-order valence-corrected chi connectivity index (χ3v) is 2.73. The largest absolute Gasteiger partial charge is 0.370 e. The predicted octanol–water partition coefficient (Wildman–Crippen LogP) is -1.33. The second-order valence-electron chi connectivity index (χ2n) is 3.35. The van der Waals surface area contributed by atoms with Crippen molar-refractivity contribution in [2.45, 2.75) is 25.8 Å². The lowest BCUT2D eigenvalue weighted by molar-refractivity contribution is -0.121. The lowest BCUT2D eigenvalue weighted by Gasteiger charge is -2.10. The van der Waals surface area contributed by atoms with Gasteiger partial charge < -0.3 is 15.8 Å². The maximum absolute atomic E-state index is 11.2. The van der Waals surface area contributed by atoms with Gasteiger partial charge in [0, 0.05) is 22.1 Å². The predicted molar refractivity (Wildman–Crippen MR) is 63.4 cm³/mol. The molecule has 0 aliphatic carbocycles. The van der Waals surface area contributed by atoms with Crippen molar-refractivity contribution in [3.05, 3.63) is 0 Å². The number of carbonyl (C=O) groups excluding carboxylic acids is 4. The zero-order valence-corrected chi connectivity index (χ0v) is 10.5. The highest BCUT2D eigenvalue weighted by atomic mass is 31.1. The van der Waals surface area contributed by atoms with Crippen LogP contribution in [0.1, 0.15) is 19.8 Å². The number of nitrogens with two attached hydrogens (primary N) is 1. The Morgan fingerprint density at radius 2 is 2.06 bits per heavy atom. The fourth-order valence-corrected chi connectivity index (χ4v) is 1.63. The summed E-state index contributed by atoms with van der Waals surface area (Å²) < 4.78 is 0. The van der Waals surface area contributed by atoms with Gasteiger partial charge in [0.1, 0.15) is 6.29 Å². The van der Waals surface area contributed by atoms with Crippen molar-refractivity contribution in [3.8, 4) is 0 Å². The van der Waals surface area contributed by atoms with Crippen molar-refractivity contribution in [1.82, 2.24) is 10.4 Å². The summed E-state index contributed by atoms with van der Waals surface area (Å²) in [7, 11) is -0.291. The third-order valence-electron chi connectivity index (χ3n) is 1.76. The molecule has 4 N–H and O–H groups in total. The molecule has 96 valence electrons. The van der Waals surface area contributed by atoms with Gasteiger partial charge in [-0.2, -0.15) is 0 Å². The summed E-state index contributed by atoms with van der Waals surface area (Å²) in [5.41, 5.74) is 4.72. The molecule has 2 atom stereocenters. The number of hydrogen-bond donors (Lipinski definition) is 3. The van der Waals surface area contributed by atoms with E-state index in [1.54, 1.807) is 0 Å². The topological polar surface area (TPSA) is 118 Å². The van der Waals surface area contributed by atoms with Crippen molar-refractivity contribution in [2.75, 3.05) is 6.54 Å². The molecule has 2 amide bonds. The van der Waals surface area contributed by atoms with Gasteiger partial charge in [-0.15, -0.1) is 0 Å². The Bertz CT molecular complexity index is 309. The highest BCUT2D eigenvalue weighted by Crippen LogP contribution is 2.08. The summed E-state index contributed by atoms with van der Waals surface area (Å²) >= 11 is 0. The molecule has 17 heavy (non-hydrogen) atoms. The van der Waals surface area contributed by atoms with E-state index < -0.39 is 11.9 Å². The van der Waals surface area contributed by atoms with E-state index in [-0.39, 0.29) is 39.5 Å². The summed E-state index contributed by atoms with van der Waals surface area (Å²) in [6, 6.07) is -0.567. The first kappa shape index (κ1) is 15.7. The van der Waals surface area contributed by atoms with Gasteiger partial charge in [-0.25, -0.2) is 0 Å². The van der Waals surface area contributed by atoms with Crippen LogP contribution >= 0.6 is 8.73 Å². The number of hydrogen-bond acceptors (Lipinski definition) is 5. The summed E-state index contributed by atoms with van der Waals surface area (Å²) in [6.07, 6.45) is 0.974. The van der Waals surface area contributed by atoms with Crippen molar-refractivity contribution in [2.24, 2.45) is 5.73 Å². The quantitative estimate of drug-likeness (QED) is 0.351. The van der Waals surface area contributed by atoms with E-state index in [9.17, 15) is 19.2 Å². The number of primary amides is 1. The van der Waals surface area contributed by atoms with Gasteiger partial charge in [-0.3, -0.25) is 19.5 Å². The molecule has 0 saturated carbocycles. The number of aldehydes is 1. The molecule has 0 radical (unpaired) electrons. The molecular formula is C9H16N3O4P. The zero-order chi connectivity index (χ0) is 13.3. The Kier molecular flexibility index (Phi) is 8.09. The Balaban J connectivity index is 3.81. The fourth-order valence-electron chi connectivity index (χ4n) is 0.894. The molecule has 0 aliphatic rings. The van der Waals surface area contributed by atoms with Crippen LogP contribution in [-0.4, -0.2) is 36.2 Å². The lowest BCUT2D eigenvalue weighted by Crippen LogP contribution is -2.30. The van der Waals surface area contributed by atoms with Gasteiger partial charge in [0.2, 0.25) is 11.8 Å². The molecule has 0 heterocycles. The van der Waals surface area contributed by atoms with Crippen LogP contribution in [0.3, 0.4) is 0 Å².